The first-order valence-electron chi connectivity index (χ1n) is 9.73. The molecule has 0 aliphatic carbocycles. The van der Waals surface area contributed by atoms with Crippen molar-refractivity contribution in [1.29, 1.82) is 0 Å². The van der Waals surface area contributed by atoms with Crippen molar-refractivity contribution in [2.45, 2.75) is 13.8 Å². The lowest BCUT2D eigenvalue weighted by atomic mass is 9.93. The molecule has 0 aromatic heterocycles. The third-order valence-corrected chi connectivity index (χ3v) is 5.62. The number of nitrogens with zero attached hydrogens (tertiary/aromatic N) is 2. The first-order valence-corrected chi connectivity index (χ1v) is 11.8. The summed E-state index contributed by atoms with van der Waals surface area (Å²) >= 11 is 3.46. The summed E-state index contributed by atoms with van der Waals surface area (Å²) in [6.07, 6.45) is 4.22. The van der Waals surface area contributed by atoms with Crippen molar-refractivity contribution in [2.24, 2.45) is 10.9 Å². The zero-order chi connectivity index (χ0) is 23.5. The minimum atomic E-state index is -4.69. The summed E-state index contributed by atoms with van der Waals surface area (Å²) in [6.45, 7) is 5.40. The van der Waals surface area contributed by atoms with Crippen LogP contribution in [0.25, 0.3) is 11.1 Å². The van der Waals surface area contributed by atoms with Crippen LogP contribution >= 0.6 is 15.9 Å². The molecule has 2 aromatic rings. The smallest absolute Gasteiger partial charge is 0.169 e. The first kappa shape index (κ1) is 24.3. The van der Waals surface area contributed by atoms with Gasteiger partial charge < -0.3 is 4.90 Å². The molecule has 2 aliphatic rings. The van der Waals surface area contributed by atoms with E-state index >= 15 is 0 Å². The molecule has 1 unspecified atom stereocenters. The molecule has 2 aliphatic heterocycles. The molecule has 1 N–H and O–H groups in total. The number of fused-ring (bicyclic) bond motifs is 1. The van der Waals surface area contributed by atoms with E-state index in [1.165, 1.54) is 5.57 Å². The van der Waals surface area contributed by atoms with Crippen LogP contribution in [0.4, 0.5) is 0 Å². The zero-order valence-corrected chi connectivity index (χ0v) is 19.8. The lowest BCUT2D eigenvalue weighted by molar-refractivity contribution is -1.92. The molecule has 2 aromatic carbocycles. The fourth-order valence-electron chi connectivity index (χ4n) is 3.63. The number of amidine groups is 1. The Labute approximate surface area is 196 Å². The Hall–Kier alpha value is -2.33. The van der Waals surface area contributed by atoms with Crippen molar-refractivity contribution >= 4 is 27.5 Å². The van der Waals surface area contributed by atoms with Gasteiger partial charge in [0.25, 0.3) is 0 Å². The summed E-state index contributed by atoms with van der Waals surface area (Å²) in [5.74, 6) is 1.03. The molecule has 9 heteroatoms. The molecule has 0 bridgehead atoms. The highest BCUT2D eigenvalue weighted by Gasteiger charge is 2.29. The molecule has 0 amide bonds. The van der Waals surface area contributed by atoms with Crippen molar-refractivity contribution in [3.05, 3.63) is 82.0 Å². The summed E-state index contributed by atoms with van der Waals surface area (Å²) in [4.78, 5) is 19.8. The van der Waals surface area contributed by atoms with Crippen molar-refractivity contribution < 1.29 is 33.7 Å². The minimum absolute atomic E-state index is 0.109. The molecule has 0 radical (unpaired) electrons. The largest absolute Gasteiger partial charge is 0.330 e. The number of hydrogen-bond donors (Lipinski definition) is 1. The number of allylic oxidation sites excluding steroid dienone is 3. The molecule has 0 fully saturated rings. The van der Waals surface area contributed by atoms with Gasteiger partial charge in [-0.05, 0) is 54.8 Å². The normalized spacial score (nSPS) is 17.9. The van der Waals surface area contributed by atoms with Crippen LogP contribution in [0, 0.1) is 16.2 Å². The van der Waals surface area contributed by atoms with Crippen LogP contribution in [0.5, 0.6) is 0 Å². The molecular formula is C23H22BrClN2O5. The molecule has 0 spiro atoms. The SMILES string of the molecule is CC1=CC2=NCC(C(=O)c3ccc(-c4ccc(Br)cc4)cc3)CN2C(C)=C1.[O-][Cl+3]([O-])([O-])O. The average Bonchev–Trinajstić information content (AvgIpc) is 2.72. The maximum absolute atomic E-state index is 13.0. The summed E-state index contributed by atoms with van der Waals surface area (Å²) in [5.41, 5.74) is 5.36. The van der Waals surface area contributed by atoms with Crippen LogP contribution in [-0.2, 0) is 0 Å². The Morgan fingerprint density at radius 2 is 1.56 bits per heavy atom. The minimum Gasteiger partial charge on any atom is -0.330 e. The topological polar surface area (TPSA) is 122 Å². The van der Waals surface area contributed by atoms with Crippen molar-refractivity contribution in [1.82, 2.24) is 4.90 Å². The number of rotatable bonds is 3. The predicted octanol–water partition coefficient (Wildman–Crippen LogP) is 1.37. The van der Waals surface area contributed by atoms with Gasteiger partial charge >= 0.3 is 0 Å². The Balaban J connectivity index is 0.000000523. The molecule has 7 nitrogen and oxygen atoms in total. The molecular weight excluding hydrogens is 500 g/mol. The Morgan fingerprint density at radius 3 is 2.12 bits per heavy atom. The molecule has 4 rings (SSSR count). The second-order valence-corrected chi connectivity index (χ2v) is 9.23. The van der Waals surface area contributed by atoms with Crippen LogP contribution in [0.2, 0.25) is 0 Å². The van der Waals surface area contributed by atoms with E-state index < -0.39 is 10.2 Å². The van der Waals surface area contributed by atoms with Crippen LogP contribution < -0.4 is 14.0 Å². The number of ketones is 1. The van der Waals surface area contributed by atoms with E-state index in [9.17, 15) is 4.79 Å². The quantitative estimate of drug-likeness (QED) is 0.609. The molecule has 32 heavy (non-hydrogen) atoms. The maximum Gasteiger partial charge on any atom is 0.169 e. The van der Waals surface area contributed by atoms with Gasteiger partial charge in [-0.15, -0.1) is 0 Å². The van der Waals surface area contributed by atoms with Crippen molar-refractivity contribution in [3.63, 3.8) is 0 Å². The fourth-order valence-corrected chi connectivity index (χ4v) is 3.90. The van der Waals surface area contributed by atoms with Gasteiger partial charge in [-0.3, -0.25) is 9.79 Å². The van der Waals surface area contributed by atoms with Crippen LogP contribution in [0.3, 0.4) is 0 Å². The monoisotopic (exact) mass is 520 g/mol. The third-order valence-electron chi connectivity index (χ3n) is 5.09. The van der Waals surface area contributed by atoms with Gasteiger partial charge in [0.1, 0.15) is 5.84 Å². The highest BCUT2D eigenvalue weighted by atomic mass is 79.9. The van der Waals surface area contributed by atoms with Crippen LogP contribution in [0.15, 0.2) is 81.4 Å². The van der Waals surface area contributed by atoms with Crippen molar-refractivity contribution in [3.8, 4) is 11.1 Å². The van der Waals surface area contributed by atoms with E-state index in [4.69, 9.17) is 18.6 Å². The Morgan fingerprint density at radius 1 is 1.03 bits per heavy atom. The number of hydrogen-bond acceptors (Lipinski definition) is 7. The van der Waals surface area contributed by atoms with E-state index in [1.807, 2.05) is 36.4 Å². The number of Topliss-reactive ketones (excluding diaryl/α,β-unsaturated/α-hetero) is 1. The van der Waals surface area contributed by atoms with E-state index in [-0.39, 0.29) is 11.7 Å². The molecule has 168 valence electrons. The number of carbonyl (C=O) groups is 1. The van der Waals surface area contributed by atoms with Crippen LogP contribution in [0.1, 0.15) is 24.2 Å². The summed E-state index contributed by atoms with van der Waals surface area (Å²) in [5, 5.41) is 0. The average molecular weight is 522 g/mol. The van der Waals surface area contributed by atoms with Gasteiger partial charge in [0.15, 0.2) is 5.78 Å². The van der Waals surface area contributed by atoms with Gasteiger partial charge in [0.2, 0.25) is 0 Å². The lowest BCUT2D eigenvalue weighted by Gasteiger charge is -2.35. The number of aliphatic imine (C=N–C) groups is 1. The van der Waals surface area contributed by atoms with Crippen LogP contribution in [-0.4, -0.2) is 34.3 Å². The molecule has 0 saturated carbocycles. The number of halogens is 2. The standard InChI is InChI=1S/C23H21BrN2O.ClHO4/c1-15-11-16(2)26-14-20(13-25-22(26)12-15)23(27)19-5-3-17(4-6-19)18-7-9-21(24)10-8-18;2-1(3,4)5/h3-12,20H,13-14H2,1-2H3;(H,2,3,4,5). The Bertz CT molecular complexity index is 1070. The summed E-state index contributed by atoms with van der Waals surface area (Å²) < 4.78 is 33.8. The predicted molar refractivity (Wildman–Crippen MR) is 116 cm³/mol. The Kier molecular flexibility index (Phi) is 7.66. The molecule has 1 atom stereocenters. The zero-order valence-electron chi connectivity index (χ0n) is 17.5. The van der Waals surface area contributed by atoms with E-state index in [0.717, 1.165) is 32.7 Å². The maximum atomic E-state index is 13.0. The van der Waals surface area contributed by atoms with Gasteiger partial charge in [0.05, 0.1) is 27.4 Å². The van der Waals surface area contributed by atoms with Gasteiger partial charge in [-0.25, -0.2) is 0 Å². The number of benzene rings is 2. The highest BCUT2D eigenvalue weighted by Crippen LogP contribution is 2.26. The summed E-state index contributed by atoms with van der Waals surface area (Å²) in [7, 11) is -4.69. The summed E-state index contributed by atoms with van der Waals surface area (Å²) in [6, 6.07) is 16.1. The first-order chi connectivity index (χ1) is 15.0. The fraction of sp³-hybridized carbons (Fsp3) is 0.217. The second kappa shape index (κ2) is 10.1. The lowest BCUT2D eigenvalue weighted by Crippen LogP contribution is -2.58. The molecule has 2 heterocycles. The van der Waals surface area contributed by atoms with Gasteiger partial charge in [0, 0.05) is 22.3 Å². The van der Waals surface area contributed by atoms with E-state index in [2.05, 4.69) is 64.0 Å². The van der Waals surface area contributed by atoms with Crippen molar-refractivity contribution in [2.75, 3.05) is 13.1 Å². The van der Waals surface area contributed by atoms with Gasteiger partial charge in [-0.1, -0.05) is 52.3 Å². The molecule has 0 saturated heterocycles. The highest BCUT2D eigenvalue weighted by molar-refractivity contribution is 9.10. The second-order valence-electron chi connectivity index (χ2n) is 7.52. The van der Waals surface area contributed by atoms with E-state index in [1.54, 1.807) is 0 Å². The van der Waals surface area contributed by atoms with Gasteiger partial charge in [-0.2, -0.15) is 14.0 Å². The number of carbonyl (C=O) groups excluding carboxylic acids is 1. The third kappa shape index (κ3) is 6.59. The van der Waals surface area contributed by atoms with E-state index in [0.29, 0.717) is 13.1 Å².